The molecule has 8 heteroatoms. The molecule has 11 heavy (non-hydrogen) atoms. The van der Waals surface area contributed by atoms with E-state index in [2.05, 4.69) is 5.73 Å². The van der Waals surface area contributed by atoms with Crippen LogP contribution in [0.15, 0.2) is 0 Å². The van der Waals surface area contributed by atoms with Crippen LogP contribution in [0.2, 0.25) is 0 Å². The van der Waals surface area contributed by atoms with E-state index >= 15 is 0 Å². The SMILES string of the molecule is NC(F)(F)C(F)(F)C(F)(F)F. The lowest BCUT2D eigenvalue weighted by molar-refractivity contribution is -0.353. The van der Waals surface area contributed by atoms with Gasteiger partial charge in [0.05, 0.1) is 0 Å². The Balaban J connectivity index is 4.75. The second-order valence-corrected chi connectivity index (χ2v) is 1.70. The van der Waals surface area contributed by atoms with E-state index in [1.54, 1.807) is 0 Å². The van der Waals surface area contributed by atoms with Crippen molar-refractivity contribution in [3.05, 3.63) is 0 Å². The summed E-state index contributed by atoms with van der Waals surface area (Å²) in [7, 11) is 0. The number of hydrogen-bond donors (Lipinski definition) is 1. The predicted octanol–water partition coefficient (Wildman–Crippen LogP) is 1.74. The van der Waals surface area contributed by atoms with Crippen LogP contribution in [-0.4, -0.2) is 18.1 Å². The maximum Gasteiger partial charge on any atom is 0.461 e. The molecule has 0 bridgehead atoms. The molecule has 0 fully saturated rings. The van der Waals surface area contributed by atoms with Gasteiger partial charge in [0.2, 0.25) is 0 Å². The van der Waals surface area contributed by atoms with Gasteiger partial charge in [0.25, 0.3) is 0 Å². The average molecular weight is 185 g/mol. The topological polar surface area (TPSA) is 26.0 Å². The van der Waals surface area contributed by atoms with Crippen molar-refractivity contribution in [3.63, 3.8) is 0 Å². The van der Waals surface area contributed by atoms with E-state index in [1.165, 1.54) is 0 Å². The summed E-state index contributed by atoms with van der Waals surface area (Å²) in [5.74, 6) is -6.18. The van der Waals surface area contributed by atoms with Crippen molar-refractivity contribution >= 4 is 0 Å². The summed E-state index contributed by atoms with van der Waals surface area (Å²) in [6.45, 7) is 0. The molecular weight excluding hydrogens is 183 g/mol. The molecule has 2 N–H and O–H groups in total. The molecule has 0 heterocycles. The molecule has 0 aliphatic heterocycles. The third kappa shape index (κ3) is 1.73. The molecule has 0 saturated heterocycles. The number of hydrogen-bond acceptors (Lipinski definition) is 1. The van der Waals surface area contributed by atoms with Crippen molar-refractivity contribution in [2.24, 2.45) is 5.73 Å². The third-order valence-electron chi connectivity index (χ3n) is 0.775. The fourth-order valence-corrected chi connectivity index (χ4v) is 0.189. The minimum Gasteiger partial charge on any atom is -0.266 e. The predicted molar refractivity (Wildman–Crippen MR) is 20.1 cm³/mol. The van der Waals surface area contributed by atoms with Crippen molar-refractivity contribution < 1.29 is 30.7 Å². The summed E-state index contributed by atoms with van der Waals surface area (Å²) in [4.78, 5) is 0. The van der Waals surface area contributed by atoms with Gasteiger partial charge in [-0.1, -0.05) is 0 Å². The van der Waals surface area contributed by atoms with E-state index < -0.39 is 18.1 Å². The van der Waals surface area contributed by atoms with Crippen LogP contribution < -0.4 is 5.73 Å². The minimum absolute atomic E-state index is 3.30. The van der Waals surface area contributed by atoms with Crippen molar-refractivity contribution in [2.75, 3.05) is 0 Å². The number of alkyl halides is 7. The third-order valence-corrected chi connectivity index (χ3v) is 0.775. The highest BCUT2D eigenvalue weighted by Gasteiger charge is 2.71. The molecule has 0 atom stereocenters. The van der Waals surface area contributed by atoms with E-state index in [0.29, 0.717) is 0 Å². The summed E-state index contributed by atoms with van der Waals surface area (Å²) < 4.78 is 78.5. The Kier molecular flexibility index (Phi) is 2.12. The molecular formula is C3H2F7N. The van der Waals surface area contributed by atoms with E-state index in [1.807, 2.05) is 0 Å². The molecule has 0 unspecified atom stereocenters. The van der Waals surface area contributed by atoms with Crippen LogP contribution in [0, 0.1) is 0 Å². The highest BCUT2D eigenvalue weighted by atomic mass is 19.4. The molecule has 68 valence electrons. The van der Waals surface area contributed by atoms with Crippen LogP contribution in [0.1, 0.15) is 0 Å². The van der Waals surface area contributed by atoms with Crippen LogP contribution in [0.25, 0.3) is 0 Å². The number of nitrogens with two attached hydrogens (primary N) is 1. The van der Waals surface area contributed by atoms with Crippen LogP contribution >= 0.6 is 0 Å². The monoisotopic (exact) mass is 185 g/mol. The van der Waals surface area contributed by atoms with Crippen molar-refractivity contribution in [2.45, 2.75) is 18.1 Å². The molecule has 1 nitrogen and oxygen atoms in total. The molecule has 0 aliphatic carbocycles. The van der Waals surface area contributed by atoms with Crippen LogP contribution in [0.3, 0.4) is 0 Å². The van der Waals surface area contributed by atoms with Crippen LogP contribution in [0.4, 0.5) is 30.7 Å². The zero-order chi connectivity index (χ0) is 9.50. The molecule has 0 rings (SSSR count). The van der Waals surface area contributed by atoms with Gasteiger partial charge in [-0.3, -0.25) is 5.73 Å². The summed E-state index contributed by atoms with van der Waals surface area (Å²) >= 11 is 0. The maximum absolute atomic E-state index is 11.4. The van der Waals surface area contributed by atoms with E-state index in [4.69, 9.17) is 0 Å². The average Bonchev–Trinajstić information content (AvgIpc) is 1.58. The van der Waals surface area contributed by atoms with Gasteiger partial charge in [0.1, 0.15) is 0 Å². The first-order chi connectivity index (χ1) is 4.50. The standard InChI is InChI=1S/C3H2F7N/c4-1(5,2(6,7)8)3(9,10)11/h11H2. The lowest BCUT2D eigenvalue weighted by Gasteiger charge is -2.24. The van der Waals surface area contributed by atoms with Crippen molar-refractivity contribution in [1.82, 2.24) is 0 Å². The van der Waals surface area contributed by atoms with Gasteiger partial charge >= 0.3 is 18.1 Å². The van der Waals surface area contributed by atoms with Gasteiger partial charge in [-0.25, -0.2) is 0 Å². The van der Waals surface area contributed by atoms with E-state index in [0.717, 1.165) is 0 Å². The Morgan fingerprint density at radius 2 is 1.00 bits per heavy atom. The Bertz CT molecular complexity index is 125. The van der Waals surface area contributed by atoms with Crippen molar-refractivity contribution in [3.8, 4) is 0 Å². The number of rotatable bonds is 1. The highest BCUT2D eigenvalue weighted by Crippen LogP contribution is 2.43. The van der Waals surface area contributed by atoms with Crippen molar-refractivity contribution in [1.29, 1.82) is 0 Å². The Hall–Kier alpha value is -0.530. The highest BCUT2D eigenvalue weighted by molar-refractivity contribution is 4.86. The Labute approximate surface area is 56.0 Å². The van der Waals surface area contributed by atoms with Gasteiger partial charge in [0, 0.05) is 0 Å². The second kappa shape index (κ2) is 2.23. The molecule has 0 aromatic carbocycles. The quantitative estimate of drug-likeness (QED) is 0.488. The largest absolute Gasteiger partial charge is 0.461 e. The first-order valence-electron chi connectivity index (χ1n) is 2.11. The van der Waals surface area contributed by atoms with E-state index in [9.17, 15) is 30.7 Å². The van der Waals surface area contributed by atoms with E-state index in [-0.39, 0.29) is 0 Å². The van der Waals surface area contributed by atoms with Gasteiger partial charge in [0.15, 0.2) is 0 Å². The zero-order valence-electron chi connectivity index (χ0n) is 4.72. The smallest absolute Gasteiger partial charge is 0.266 e. The number of halogens is 7. The fraction of sp³-hybridized carbons (Fsp3) is 1.00. The lowest BCUT2D eigenvalue weighted by atomic mass is 10.3. The van der Waals surface area contributed by atoms with Gasteiger partial charge < -0.3 is 0 Å². The first-order valence-corrected chi connectivity index (χ1v) is 2.11. The summed E-state index contributed by atoms with van der Waals surface area (Å²) in [6, 6.07) is -5.58. The van der Waals surface area contributed by atoms with Gasteiger partial charge in [-0.2, -0.15) is 30.7 Å². The summed E-state index contributed by atoms with van der Waals surface area (Å²) in [6.07, 6.45) is -6.33. The van der Waals surface area contributed by atoms with Crippen LogP contribution in [0.5, 0.6) is 0 Å². The second-order valence-electron chi connectivity index (χ2n) is 1.70. The minimum atomic E-state index is -6.33. The normalized spacial score (nSPS) is 15.3. The maximum atomic E-state index is 11.4. The van der Waals surface area contributed by atoms with Crippen LogP contribution in [-0.2, 0) is 0 Å². The molecule has 0 radical (unpaired) electrons. The summed E-state index contributed by atoms with van der Waals surface area (Å²) in [5, 5.41) is 0. The molecule has 0 aromatic rings. The van der Waals surface area contributed by atoms with Gasteiger partial charge in [-0.15, -0.1) is 0 Å². The molecule has 0 spiro atoms. The first kappa shape index (κ1) is 10.5. The summed E-state index contributed by atoms with van der Waals surface area (Å²) in [5.41, 5.74) is 3.30. The Morgan fingerprint density at radius 1 is 0.727 bits per heavy atom. The lowest BCUT2D eigenvalue weighted by Crippen LogP contribution is -2.57. The molecule has 0 saturated carbocycles. The van der Waals surface area contributed by atoms with Gasteiger partial charge in [-0.05, 0) is 0 Å². The molecule has 0 aliphatic rings. The molecule has 0 amide bonds. The molecule has 0 aromatic heterocycles. The fourth-order valence-electron chi connectivity index (χ4n) is 0.189. The zero-order valence-corrected chi connectivity index (χ0v) is 4.72. The Morgan fingerprint density at radius 3 is 1.00 bits per heavy atom.